The fourth-order valence-corrected chi connectivity index (χ4v) is 2.24. The number of halogens is 1. The van der Waals surface area contributed by atoms with Crippen molar-refractivity contribution in [1.82, 2.24) is 0 Å². The molecule has 0 atom stereocenters. The molecule has 0 amide bonds. The maximum absolute atomic E-state index is 13.7. The molecule has 0 N–H and O–H groups in total. The summed E-state index contributed by atoms with van der Waals surface area (Å²) < 4.78 is 24.3. The highest BCUT2D eigenvalue weighted by molar-refractivity contribution is 5.69. The van der Waals surface area contributed by atoms with Crippen molar-refractivity contribution in [3.05, 3.63) is 65.0 Å². The minimum Gasteiger partial charge on any atom is -0.489 e. The summed E-state index contributed by atoms with van der Waals surface area (Å²) in [6.07, 6.45) is 0.994. The van der Waals surface area contributed by atoms with E-state index in [4.69, 9.17) is 9.47 Å². The molecule has 0 radical (unpaired) electrons. The predicted molar refractivity (Wildman–Crippen MR) is 86.9 cm³/mol. The summed E-state index contributed by atoms with van der Waals surface area (Å²) in [6.45, 7) is 4.25. The van der Waals surface area contributed by atoms with Crippen molar-refractivity contribution in [2.75, 3.05) is 6.61 Å². The fourth-order valence-electron chi connectivity index (χ4n) is 2.24. The Bertz CT molecular complexity index is 630. The molecule has 0 aliphatic carbocycles. The van der Waals surface area contributed by atoms with Gasteiger partial charge in [0, 0.05) is 12.0 Å². The highest BCUT2D eigenvalue weighted by atomic mass is 19.1. The van der Waals surface area contributed by atoms with Gasteiger partial charge < -0.3 is 9.47 Å². The number of hydrogen-bond donors (Lipinski definition) is 0. The van der Waals surface area contributed by atoms with Crippen LogP contribution in [0.1, 0.15) is 30.0 Å². The van der Waals surface area contributed by atoms with Gasteiger partial charge in [-0.25, -0.2) is 4.39 Å². The maximum Gasteiger partial charge on any atom is 0.306 e. The number of carbonyl (C=O) groups excluding carboxylic acids is 1. The van der Waals surface area contributed by atoms with Gasteiger partial charge in [0.15, 0.2) is 0 Å². The van der Waals surface area contributed by atoms with Gasteiger partial charge in [-0.3, -0.25) is 4.79 Å². The molecule has 0 unspecified atom stereocenters. The zero-order valence-electron chi connectivity index (χ0n) is 13.5. The van der Waals surface area contributed by atoms with Crippen molar-refractivity contribution in [2.24, 2.45) is 0 Å². The quantitative estimate of drug-likeness (QED) is 0.718. The standard InChI is InChI=1S/C19H21FO3/c1-3-22-19(21)12-9-15-7-10-16(11-8-15)23-13-17-14(2)5-4-6-18(17)20/h4-8,10-11H,3,9,12-13H2,1-2H3. The zero-order chi connectivity index (χ0) is 16.7. The summed E-state index contributed by atoms with van der Waals surface area (Å²) in [5, 5.41) is 0. The topological polar surface area (TPSA) is 35.5 Å². The number of rotatable bonds is 7. The Balaban J connectivity index is 1.89. The van der Waals surface area contributed by atoms with Crippen LogP contribution in [0.3, 0.4) is 0 Å². The molecule has 0 aromatic heterocycles. The van der Waals surface area contributed by atoms with Crippen LogP contribution in [0.15, 0.2) is 42.5 Å². The summed E-state index contributed by atoms with van der Waals surface area (Å²) in [7, 11) is 0. The van der Waals surface area contributed by atoms with Crippen LogP contribution in [0, 0.1) is 12.7 Å². The number of ether oxygens (including phenoxy) is 2. The second-order valence-electron chi connectivity index (χ2n) is 5.27. The van der Waals surface area contributed by atoms with Gasteiger partial charge in [0.05, 0.1) is 6.61 Å². The third-order valence-electron chi connectivity index (χ3n) is 3.58. The van der Waals surface area contributed by atoms with Crippen LogP contribution in [-0.2, 0) is 22.6 Å². The molecule has 0 heterocycles. The molecule has 0 bridgehead atoms. The Kier molecular flexibility index (Phi) is 6.15. The van der Waals surface area contributed by atoms with Crippen molar-refractivity contribution in [3.8, 4) is 5.75 Å². The van der Waals surface area contributed by atoms with Gasteiger partial charge in [-0.05, 0) is 49.6 Å². The number of esters is 1. The van der Waals surface area contributed by atoms with E-state index in [2.05, 4.69) is 0 Å². The second kappa shape index (κ2) is 8.32. The molecule has 0 saturated heterocycles. The van der Waals surface area contributed by atoms with E-state index in [9.17, 15) is 9.18 Å². The Hall–Kier alpha value is -2.36. The van der Waals surface area contributed by atoms with Crippen molar-refractivity contribution >= 4 is 5.97 Å². The van der Waals surface area contributed by atoms with Crippen molar-refractivity contribution in [2.45, 2.75) is 33.3 Å². The Morgan fingerprint density at radius 1 is 1.13 bits per heavy atom. The molecule has 4 heteroatoms. The van der Waals surface area contributed by atoms with Crippen LogP contribution in [0.2, 0.25) is 0 Å². The molecule has 0 saturated carbocycles. The first-order valence-corrected chi connectivity index (χ1v) is 7.71. The SMILES string of the molecule is CCOC(=O)CCc1ccc(OCc2c(C)cccc2F)cc1. The highest BCUT2D eigenvalue weighted by Gasteiger charge is 2.07. The molecule has 23 heavy (non-hydrogen) atoms. The first kappa shape index (κ1) is 17.0. The maximum atomic E-state index is 13.7. The normalized spacial score (nSPS) is 10.4. The van der Waals surface area contributed by atoms with Gasteiger partial charge in [-0.15, -0.1) is 0 Å². The Labute approximate surface area is 136 Å². The first-order chi connectivity index (χ1) is 11.1. The molecule has 122 valence electrons. The third-order valence-corrected chi connectivity index (χ3v) is 3.58. The summed E-state index contributed by atoms with van der Waals surface area (Å²) in [4.78, 5) is 11.3. The number of carbonyl (C=O) groups is 1. The van der Waals surface area contributed by atoms with Gasteiger partial charge in [-0.2, -0.15) is 0 Å². The summed E-state index contributed by atoms with van der Waals surface area (Å²) in [5.41, 5.74) is 2.47. The van der Waals surface area contributed by atoms with Crippen molar-refractivity contribution < 1.29 is 18.7 Å². The molecule has 0 aliphatic rings. The number of aryl methyl sites for hydroxylation is 2. The molecule has 3 nitrogen and oxygen atoms in total. The lowest BCUT2D eigenvalue weighted by Gasteiger charge is -2.10. The summed E-state index contributed by atoms with van der Waals surface area (Å²) in [6, 6.07) is 12.5. The van der Waals surface area contributed by atoms with Gasteiger partial charge in [0.2, 0.25) is 0 Å². The Morgan fingerprint density at radius 2 is 1.87 bits per heavy atom. The van der Waals surface area contributed by atoms with E-state index in [0.717, 1.165) is 11.1 Å². The molecule has 0 fully saturated rings. The van der Waals surface area contributed by atoms with Gasteiger partial charge in [0.1, 0.15) is 18.2 Å². The van der Waals surface area contributed by atoms with E-state index in [-0.39, 0.29) is 18.4 Å². The van der Waals surface area contributed by atoms with Crippen LogP contribution >= 0.6 is 0 Å². The average Bonchev–Trinajstić information content (AvgIpc) is 2.54. The largest absolute Gasteiger partial charge is 0.489 e. The minimum absolute atomic E-state index is 0.192. The molecular formula is C19H21FO3. The van der Waals surface area contributed by atoms with Gasteiger partial charge >= 0.3 is 5.97 Å². The summed E-state index contributed by atoms with van der Waals surface area (Å²) >= 11 is 0. The van der Waals surface area contributed by atoms with Crippen LogP contribution in [-0.4, -0.2) is 12.6 Å². The lowest BCUT2D eigenvalue weighted by Crippen LogP contribution is -2.05. The molecule has 2 rings (SSSR count). The first-order valence-electron chi connectivity index (χ1n) is 7.71. The van der Waals surface area contributed by atoms with E-state index < -0.39 is 0 Å². The average molecular weight is 316 g/mol. The highest BCUT2D eigenvalue weighted by Crippen LogP contribution is 2.18. The van der Waals surface area contributed by atoms with Crippen LogP contribution in [0.5, 0.6) is 5.75 Å². The number of hydrogen-bond acceptors (Lipinski definition) is 3. The monoisotopic (exact) mass is 316 g/mol. The van der Waals surface area contributed by atoms with E-state index >= 15 is 0 Å². The fraction of sp³-hybridized carbons (Fsp3) is 0.316. The predicted octanol–water partition coefficient (Wildman–Crippen LogP) is 4.21. The molecule has 2 aromatic rings. The number of benzene rings is 2. The van der Waals surface area contributed by atoms with Crippen molar-refractivity contribution in [1.29, 1.82) is 0 Å². The van der Waals surface area contributed by atoms with E-state index in [1.54, 1.807) is 13.0 Å². The van der Waals surface area contributed by atoms with Crippen LogP contribution < -0.4 is 4.74 Å². The van der Waals surface area contributed by atoms with Crippen LogP contribution in [0.25, 0.3) is 0 Å². The summed E-state index contributed by atoms with van der Waals surface area (Å²) in [5.74, 6) is 0.228. The molecular weight excluding hydrogens is 295 g/mol. The van der Waals surface area contributed by atoms with E-state index in [1.807, 2.05) is 37.3 Å². The minimum atomic E-state index is -0.254. The lowest BCUT2D eigenvalue weighted by atomic mass is 10.1. The lowest BCUT2D eigenvalue weighted by molar-refractivity contribution is -0.143. The third kappa shape index (κ3) is 5.09. The second-order valence-corrected chi connectivity index (χ2v) is 5.27. The molecule has 0 aliphatic heterocycles. The van der Waals surface area contributed by atoms with E-state index in [0.29, 0.717) is 30.8 Å². The van der Waals surface area contributed by atoms with Gasteiger partial charge in [0.25, 0.3) is 0 Å². The van der Waals surface area contributed by atoms with Gasteiger partial charge in [-0.1, -0.05) is 24.3 Å². The zero-order valence-corrected chi connectivity index (χ0v) is 13.5. The smallest absolute Gasteiger partial charge is 0.306 e. The molecule has 0 spiro atoms. The molecule has 2 aromatic carbocycles. The van der Waals surface area contributed by atoms with E-state index in [1.165, 1.54) is 6.07 Å². The van der Waals surface area contributed by atoms with Crippen molar-refractivity contribution in [3.63, 3.8) is 0 Å². The Morgan fingerprint density at radius 3 is 2.52 bits per heavy atom. The van der Waals surface area contributed by atoms with Crippen LogP contribution in [0.4, 0.5) is 4.39 Å².